The normalized spacial score (nSPS) is 26.9. The summed E-state index contributed by atoms with van der Waals surface area (Å²) >= 11 is 3.35. The average molecular weight is 460 g/mol. The summed E-state index contributed by atoms with van der Waals surface area (Å²) in [7, 11) is 2.04. The van der Waals surface area contributed by atoms with Gasteiger partial charge in [0.2, 0.25) is 5.91 Å². The van der Waals surface area contributed by atoms with Crippen LogP contribution in [0.25, 0.3) is 11.0 Å². The zero-order chi connectivity index (χ0) is 21.5. The van der Waals surface area contributed by atoms with Gasteiger partial charge >= 0.3 is 6.09 Å². The lowest BCUT2D eigenvalue weighted by Gasteiger charge is -2.34. The summed E-state index contributed by atoms with van der Waals surface area (Å²) in [6.07, 6.45) is -1.03. The van der Waals surface area contributed by atoms with Crippen LogP contribution in [0.15, 0.2) is 24.3 Å². The van der Waals surface area contributed by atoms with Crippen molar-refractivity contribution in [3.63, 3.8) is 0 Å². The number of hydrogen-bond acceptors (Lipinski definition) is 8. The smallest absolute Gasteiger partial charge is 0.411 e. The van der Waals surface area contributed by atoms with Crippen LogP contribution in [0.3, 0.4) is 0 Å². The van der Waals surface area contributed by atoms with Gasteiger partial charge in [-0.15, -0.1) is 11.8 Å². The number of amides is 2. The Morgan fingerprint density at radius 1 is 1.06 bits per heavy atom. The topological polar surface area (TPSA) is 78.9 Å². The molecule has 2 aromatic rings. The van der Waals surface area contributed by atoms with Gasteiger partial charge in [0.15, 0.2) is 11.9 Å². The molecule has 3 fully saturated rings. The lowest BCUT2D eigenvalue weighted by atomic mass is 10.2. The Morgan fingerprint density at radius 2 is 1.81 bits per heavy atom. The molecule has 31 heavy (non-hydrogen) atoms. The highest BCUT2D eigenvalue weighted by atomic mass is 32.2. The van der Waals surface area contributed by atoms with Gasteiger partial charge in [0, 0.05) is 48.8 Å². The van der Waals surface area contributed by atoms with E-state index in [4.69, 9.17) is 4.74 Å². The third kappa shape index (κ3) is 3.96. The van der Waals surface area contributed by atoms with Gasteiger partial charge in [-0.05, 0) is 38.2 Å². The van der Waals surface area contributed by atoms with E-state index in [2.05, 4.69) is 14.9 Å². The van der Waals surface area contributed by atoms with Crippen LogP contribution in [0.5, 0.6) is 0 Å². The number of anilines is 1. The summed E-state index contributed by atoms with van der Waals surface area (Å²) in [5.74, 6) is 2.29. The van der Waals surface area contributed by atoms with Crippen molar-refractivity contribution >= 4 is 52.4 Å². The Morgan fingerprint density at radius 3 is 2.61 bits per heavy atom. The van der Waals surface area contributed by atoms with Crippen LogP contribution in [0.2, 0.25) is 0 Å². The molecule has 5 rings (SSSR count). The number of carbonyl (C=O) groups excluding carboxylic acids is 2. The van der Waals surface area contributed by atoms with Gasteiger partial charge < -0.3 is 14.5 Å². The van der Waals surface area contributed by atoms with E-state index in [0.29, 0.717) is 24.6 Å². The van der Waals surface area contributed by atoms with Gasteiger partial charge in [0.1, 0.15) is 11.1 Å². The van der Waals surface area contributed by atoms with Gasteiger partial charge in [0.05, 0.1) is 5.25 Å². The molecule has 3 aliphatic rings. The predicted octanol–water partition coefficient (Wildman–Crippen LogP) is 2.21. The molecular weight excluding hydrogens is 434 g/mol. The standard InChI is InChI=1S/C21H25N5O3S2/c1-13-3-4-14-5-6-15(23-18(14)22-13)26-19(27)16-17(31-12-11-30-16)20(26)29-21(28)25-9-7-24(2)8-10-25/h3-6,16-17,20H,7-12H2,1-2H3. The fourth-order valence-electron chi connectivity index (χ4n) is 4.14. The Labute approximate surface area is 189 Å². The lowest BCUT2D eigenvalue weighted by molar-refractivity contribution is -0.117. The number of hydrogen-bond donors (Lipinski definition) is 0. The van der Waals surface area contributed by atoms with Crippen LogP contribution in [-0.4, -0.2) is 93.2 Å². The van der Waals surface area contributed by atoms with Crippen molar-refractivity contribution in [2.75, 3.05) is 49.6 Å². The number of nitrogens with zero attached hydrogens (tertiary/aromatic N) is 5. The molecule has 0 aliphatic carbocycles. The summed E-state index contributed by atoms with van der Waals surface area (Å²) in [6.45, 7) is 4.80. The largest absolute Gasteiger partial charge is 0.423 e. The second-order valence-corrected chi connectivity index (χ2v) is 10.6. The molecule has 164 valence electrons. The number of aryl methyl sites for hydroxylation is 1. The monoisotopic (exact) mass is 459 g/mol. The highest BCUT2D eigenvalue weighted by Crippen LogP contribution is 2.43. The van der Waals surface area contributed by atoms with Gasteiger partial charge in [-0.3, -0.25) is 9.69 Å². The highest BCUT2D eigenvalue weighted by molar-refractivity contribution is 8.07. The third-order valence-corrected chi connectivity index (χ3v) is 8.97. The minimum atomic E-state index is -0.669. The molecule has 3 atom stereocenters. The lowest BCUT2D eigenvalue weighted by Crippen LogP contribution is -2.50. The van der Waals surface area contributed by atoms with Crippen LogP contribution in [0, 0.1) is 6.92 Å². The second kappa shape index (κ2) is 8.48. The first-order chi connectivity index (χ1) is 15.0. The Kier molecular flexibility index (Phi) is 5.70. The quantitative estimate of drug-likeness (QED) is 0.677. The van der Waals surface area contributed by atoms with Crippen LogP contribution in [0.1, 0.15) is 5.69 Å². The fourth-order valence-corrected chi connectivity index (χ4v) is 7.12. The zero-order valence-electron chi connectivity index (χ0n) is 17.6. The molecule has 10 heteroatoms. The van der Waals surface area contributed by atoms with Crippen LogP contribution < -0.4 is 4.90 Å². The van der Waals surface area contributed by atoms with Gasteiger partial charge in [-0.2, -0.15) is 11.8 Å². The minimum absolute atomic E-state index is 0.0436. The van der Waals surface area contributed by atoms with Crippen molar-refractivity contribution in [2.45, 2.75) is 23.7 Å². The van der Waals surface area contributed by atoms with E-state index in [1.54, 1.807) is 33.3 Å². The number of likely N-dealkylation sites (N-methyl/N-ethyl adjacent to an activating group) is 1. The summed E-state index contributed by atoms with van der Waals surface area (Å²) < 4.78 is 6.01. The third-order valence-electron chi connectivity index (χ3n) is 5.91. The fraction of sp³-hybridized carbons (Fsp3) is 0.524. The SMILES string of the molecule is Cc1ccc2ccc(N3C(=O)C4SCCSC4C3OC(=O)N3CCN(C)CC3)nc2n1. The average Bonchev–Trinajstić information content (AvgIpc) is 3.05. The number of aromatic nitrogens is 2. The Balaban J connectivity index is 1.46. The van der Waals surface area contributed by atoms with E-state index in [-0.39, 0.29) is 22.5 Å². The van der Waals surface area contributed by atoms with Gasteiger partial charge in [-0.25, -0.2) is 14.8 Å². The summed E-state index contributed by atoms with van der Waals surface area (Å²) in [6, 6.07) is 7.64. The van der Waals surface area contributed by atoms with Crippen molar-refractivity contribution in [2.24, 2.45) is 0 Å². The minimum Gasteiger partial charge on any atom is -0.423 e. The number of carbonyl (C=O) groups is 2. The van der Waals surface area contributed by atoms with Crippen LogP contribution in [-0.2, 0) is 9.53 Å². The van der Waals surface area contributed by atoms with Crippen molar-refractivity contribution in [3.8, 4) is 0 Å². The molecule has 0 radical (unpaired) electrons. The van der Waals surface area contributed by atoms with E-state index in [9.17, 15) is 9.59 Å². The van der Waals surface area contributed by atoms with Gasteiger partial charge in [0.25, 0.3) is 0 Å². The Hall–Kier alpha value is -2.04. The van der Waals surface area contributed by atoms with E-state index in [0.717, 1.165) is 35.7 Å². The highest BCUT2D eigenvalue weighted by Gasteiger charge is 2.53. The van der Waals surface area contributed by atoms with E-state index in [1.807, 2.05) is 38.2 Å². The number of rotatable bonds is 2. The second-order valence-electron chi connectivity index (χ2n) is 8.07. The first-order valence-electron chi connectivity index (χ1n) is 10.5. The van der Waals surface area contributed by atoms with E-state index < -0.39 is 6.23 Å². The number of pyridine rings is 2. The molecule has 3 unspecified atom stereocenters. The molecule has 0 saturated carbocycles. The zero-order valence-corrected chi connectivity index (χ0v) is 19.2. The van der Waals surface area contributed by atoms with E-state index in [1.165, 1.54) is 0 Å². The maximum Gasteiger partial charge on any atom is 0.411 e. The summed E-state index contributed by atoms with van der Waals surface area (Å²) in [5, 5.41) is 0.575. The number of piperazine rings is 1. The molecule has 0 bridgehead atoms. The first kappa shape index (κ1) is 20.8. The maximum atomic E-state index is 13.4. The Bertz CT molecular complexity index is 1010. The van der Waals surface area contributed by atoms with E-state index >= 15 is 0 Å². The van der Waals surface area contributed by atoms with Crippen molar-refractivity contribution in [3.05, 3.63) is 30.0 Å². The van der Waals surface area contributed by atoms with Crippen molar-refractivity contribution in [1.82, 2.24) is 19.8 Å². The summed E-state index contributed by atoms with van der Waals surface area (Å²) in [4.78, 5) is 41.0. The van der Waals surface area contributed by atoms with Crippen molar-refractivity contribution < 1.29 is 14.3 Å². The number of thioether (sulfide) groups is 2. The molecule has 3 aliphatic heterocycles. The molecule has 8 nitrogen and oxygen atoms in total. The van der Waals surface area contributed by atoms with Crippen LogP contribution >= 0.6 is 23.5 Å². The molecular formula is C21H25N5O3S2. The molecule has 0 aromatic carbocycles. The molecule has 3 saturated heterocycles. The van der Waals surface area contributed by atoms with Gasteiger partial charge in [-0.1, -0.05) is 0 Å². The molecule has 5 heterocycles. The molecule has 2 aromatic heterocycles. The molecule has 0 N–H and O–H groups in total. The van der Waals surface area contributed by atoms with Crippen molar-refractivity contribution in [1.29, 1.82) is 0 Å². The van der Waals surface area contributed by atoms with Crippen LogP contribution in [0.4, 0.5) is 10.6 Å². The summed E-state index contributed by atoms with van der Waals surface area (Å²) in [5.41, 5.74) is 1.45. The maximum absolute atomic E-state index is 13.4. The molecule has 2 amide bonds. The predicted molar refractivity (Wildman–Crippen MR) is 124 cm³/mol. The first-order valence-corrected chi connectivity index (χ1v) is 12.6. The number of ether oxygens (including phenoxy) is 1. The number of fused-ring (bicyclic) bond motifs is 2. The molecule has 0 spiro atoms.